The number of nitrogens with zero attached hydrogens (tertiary/aromatic N) is 4. The van der Waals surface area contributed by atoms with Gasteiger partial charge in [0.15, 0.2) is 11.0 Å². The average molecular weight is 520 g/mol. The second-order valence-corrected chi connectivity index (χ2v) is 10.8. The maximum absolute atomic E-state index is 12.7. The Morgan fingerprint density at radius 1 is 1.14 bits per heavy atom. The van der Waals surface area contributed by atoms with Crippen molar-refractivity contribution in [2.45, 2.75) is 56.0 Å². The number of nitrogens with one attached hydrogen (secondary N) is 1. The summed E-state index contributed by atoms with van der Waals surface area (Å²) in [6.07, 6.45) is 5.75. The van der Waals surface area contributed by atoms with Crippen molar-refractivity contribution >= 4 is 29.0 Å². The van der Waals surface area contributed by atoms with Crippen molar-refractivity contribution in [1.29, 1.82) is 0 Å². The molecule has 2 aromatic heterocycles. The normalized spacial score (nSPS) is 14.1. The Kier molecular flexibility index (Phi) is 7.67. The lowest BCUT2D eigenvalue weighted by molar-refractivity contribution is 0.0923. The number of thioether (sulfide) groups is 1. The van der Waals surface area contributed by atoms with Crippen LogP contribution in [0.25, 0.3) is 17.1 Å². The Morgan fingerprint density at radius 2 is 1.94 bits per heavy atom. The van der Waals surface area contributed by atoms with E-state index in [1.807, 2.05) is 29.6 Å². The molecule has 1 aliphatic carbocycles. The molecule has 1 amide bonds. The molecule has 1 N–H and O–H groups in total. The van der Waals surface area contributed by atoms with E-state index in [0.717, 1.165) is 45.8 Å². The Balaban J connectivity index is 1.36. The number of ether oxygens (including phenoxy) is 1. The molecule has 1 fully saturated rings. The molecule has 186 valence electrons. The third-order valence-electron chi connectivity index (χ3n) is 6.30. The number of rotatable bonds is 8. The Labute approximate surface area is 219 Å². The van der Waals surface area contributed by atoms with E-state index in [9.17, 15) is 4.79 Å². The molecule has 1 aliphatic rings. The molecule has 0 spiro atoms. The molecule has 0 bridgehead atoms. The van der Waals surface area contributed by atoms with Crippen LogP contribution in [0.4, 0.5) is 0 Å². The Morgan fingerprint density at radius 3 is 2.72 bits per heavy atom. The van der Waals surface area contributed by atoms with Crippen LogP contribution in [0, 0.1) is 6.92 Å². The zero-order valence-electron chi connectivity index (χ0n) is 20.4. The van der Waals surface area contributed by atoms with Gasteiger partial charge in [0, 0.05) is 22.7 Å². The molecule has 36 heavy (non-hydrogen) atoms. The van der Waals surface area contributed by atoms with Crippen molar-refractivity contribution < 1.29 is 9.53 Å². The molecule has 2 heterocycles. The first-order valence-electron chi connectivity index (χ1n) is 12.2. The fourth-order valence-electron chi connectivity index (χ4n) is 4.35. The van der Waals surface area contributed by atoms with Gasteiger partial charge >= 0.3 is 0 Å². The third-order valence-corrected chi connectivity index (χ3v) is 8.27. The van der Waals surface area contributed by atoms with Gasteiger partial charge in [0.25, 0.3) is 5.91 Å². The highest BCUT2D eigenvalue weighted by atomic mass is 32.2. The van der Waals surface area contributed by atoms with E-state index in [2.05, 4.69) is 56.3 Å². The summed E-state index contributed by atoms with van der Waals surface area (Å²) in [5.41, 5.74) is 3.59. The number of amides is 1. The van der Waals surface area contributed by atoms with Crippen LogP contribution in [-0.2, 0) is 5.75 Å². The molecule has 0 radical (unpaired) electrons. The van der Waals surface area contributed by atoms with Gasteiger partial charge in [-0.05, 0) is 44.0 Å². The van der Waals surface area contributed by atoms with Crippen molar-refractivity contribution in [1.82, 2.24) is 25.1 Å². The van der Waals surface area contributed by atoms with Crippen LogP contribution in [-0.4, -0.2) is 38.8 Å². The first-order chi connectivity index (χ1) is 17.6. The van der Waals surface area contributed by atoms with Gasteiger partial charge in [0.05, 0.1) is 12.9 Å². The molecule has 0 atom stereocenters. The highest BCUT2D eigenvalue weighted by molar-refractivity contribution is 7.98. The van der Waals surface area contributed by atoms with Gasteiger partial charge in [-0.3, -0.25) is 9.36 Å². The number of carbonyl (C=O) groups excluding carboxylic acids is 1. The molecular weight excluding hydrogens is 490 g/mol. The fourth-order valence-corrected chi connectivity index (χ4v) is 6.10. The number of hydrogen-bond acceptors (Lipinski definition) is 7. The van der Waals surface area contributed by atoms with Gasteiger partial charge in [-0.25, -0.2) is 4.98 Å². The lowest BCUT2D eigenvalue weighted by Gasteiger charge is -2.22. The minimum Gasteiger partial charge on any atom is -0.497 e. The first kappa shape index (κ1) is 24.5. The summed E-state index contributed by atoms with van der Waals surface area (Å²) in [6.45, 7) is 2.07. The van der Waals surface area contributed by atoms with Crippen LogP contribution < -0.4 is 10.1 Å². The van der Waals surface area contributed by atoms with E-state index < -0.39 is 0 Å². The van der Waals surface area contributed by atoms with Crippen LogP contribution in [0.2, 0.25) is 0 Å². The summed E-state index contributed by atoms with van der Waals surface area (Å²) in [5.74, 6) is 2.04. The minimum atomic E-state index is -0.0717. The molecular formula is C27H29N5O2S2. The van der Waals surface area contributed by atoms with Gasteiger partial charge in [0.2, 0.25) is 0 Å². The first-order valence-corrected chi connectivity index (χ1v) is 14.0. The summed E-state index contributed by atoms with van der Waals surface area (Å²) in [7, 11) is 1.66. The van der Waals surface area contributed by atoms with Crippen LogP contribution in [0.3, 0.4) is 0 Å². The molecule has 0 aliphatic heterocycles. The topological polar surface area (TPSA) is 81.9 Å². The van der Waals surface area contributed by atoms with E-state index in [1.54, 1.807) is 18.9 Å². The number of hydrogen-bond donors (Lipinski definition) is 1. The van der Waals surface area contributed by atoms with Crippen molar-refractivity contribution in [2.24, 2.45) is 0 Å². The lowest BCUT2D eigenvalue weighted by Crippen LogP contribution is -2.36. The lowest BCUT2D eigenvalue weighted by atomic mass is 9.95. The standard InChI is InChI=1S/C27H29N5O2S2/c1-18-11-13-21(14-12-18)32-25(19-7-6-10-22(15-19)34-2)30-31-27(32)36-17-24-29-23(16-35-24)26(33)28-20-8-4-3-5-9-20/h6-7,10-16,20H,3-5,8-9,17H2,1-2H3,(H,28,33). The quantitative estimate of drug-likeness (QED) is 0.285. The molecule has 2 aromatic carbocycles. The summed E-state index contributed by atoms with van der Waals surface area (Å²) in [5, 5.41) is 15.7. The molecule has 4 aromatic rings. The molecule has 7 nitrogen and oxygen atoms in total. The second kappa shape index (κ2) is 11.3. The molecule has 1 saturated carbocycles. The van der Waals surface area contributed by atoms with E-state index in [0.29, 0.717) is 11.4 Å². The number of benzene rings is 2. The van der Waals surface area contributed by atoms with Crippen LogP contribution in [0.1, 0.15) is 53.2 Å². The van der Waals surface area contributed by atoms with E-state index in [-0.39, 0.29) is 11.9 Å². The largest absolute Gasteiger partial charge is 0.497 e. The average Bonchev–Trinajstić information content (AvgIpc) is 3.56. The van der Waals surface area contributed by atoms with Crippen molar-refractivity contribution in [3.8, 4) is 22.8 Å². The fraction of sp³-hybridized carbons (Fsp3) is 0.333. The van der Waals surface area contributed by atoms with Crippen LogP contribution in [0.5, 0.6) is 5.75 Å². The predicted molar refractivity (Wildman–Crippen MR) is 144 cm³/mol. The second-order valence-electron chi connectivity index (χ2n) is 8.93. The van der Waals surface area contributed by atoms with Crippen LogP contribution >= 0.6 is 23.1 Å². The summed E-state index contributed by atoms with van der Waals surface area (Å²) >= 11 is 3.06. The van der Waals surface area contributed by atoms with Gasteiger partial charge in [-0.15, -0.1) is 21.5 Å². The number of methoxy groups -OCH3 is 1. The van der Waals surface area contributed by atoms with Crippen molar-refractivity contribution in [3.05, 3.63) is 70.2 Å². The Bertz CT molecular complexity index is 1330. The van der Waals surface area contributed by atoms with Crippen molar-refractivity contribution in [3.63, 3.8) is 0 Å². The van der Waals surface area contributed by atoms with E-state index >= 15 is 0 Å². The number of aromatic nitrogens is 4. The van der Waals surface area contributed by atoms with E-state index in [1.165, 1.54) is 36.2 Å². The Hall–Kier alpha value is -3.17. The number of carbonyl (C=O) groups is 1. The van der Waals surface area contributed by atoms with Gasteiger partial charge in [-0.1, -0.05) is 60.9 Å². The molecule has 5 rings (SSSR count). The maximum atomic E-state index is 12.7. The molecule has 0 saturated heterocycles. The zero-order chi connectivity index (χ0) is 24.9. The highest BCUT2D eigenvalue weighted by Gasteiger charge is 2.20. The number of aryl methyl sites for hydroxylation is 1. The smallest absolute Gasteiger partial charge is 0.270 e. The minimum absolute atomic E-state index is 0.0717. The van der Waals surface area contributed by atoms with Gasteiger partial charge in [0.1, 0.15) is 16.5 Å². The molecule has 0 unspecified atom stereocenters. The van der Waals surface area contributed by atoms with Gasteiger partial charge in [-0.2, -0.15) is 0 Å². The maximum Gasteiger partial charge on any atom is 0.270 e. The summed E-state index contributed by atoms with van der Waals surface area (Å²) in [4.78, 5) is 17.3. The zero-order valence-corrected chi connectivity index (χ0v) is 22.1. The SMILES string of the molecule is COc1cccc(-c2nnc(SCc3nc(C(=O)NC4CCCCC4)cs3)n2-c2ccc(C)cc2)c1. The highest BCUT2D eigenvalue weighted by Crippen LogP contribution is 2.32. The summed E-state index contributed by atoms with van der Waals surface area (Å²) in [6, 6.07) is 16.4. The van der Waals surface area contributed by atoms with Gasteiger partial charge < -0.3 is 10.1 Å². The third kappa shape index (κ3) is 5.63. The van der Waals surface area contributed by atoms with Crippen molar-refractivity contribution in [2.75, 3.05) is 7.11 Å². The van der Waals surface area contributed by atoms with Crippen LogP contribution in [0.15, 0.2) is 59.1 Å². The predicted octanol–water partition coefficient (Wildman–Crippen LogP) is 6.06. The van der Waals surface area contributed by atoms with E-state index in [4.69, 9.17) is 4.74 Å². The molecule has 9 heteroatoms. The summed E-state index contributed by atoms with van der Waals surface area (Å²) < 4.78 is 7.48. The monoisotopic (exact) mass is 519 g/mol. The number of thiazole rings is 1.